The lowest BCUT2D eigenvalue weighted by atomic mass is 9.91. The van der Waals surface area contributed by atoms with Crippen molar-refractivity contribution in [2.75, 3.05) is 4.90 Å². The van der Waals surface area contributed by atoms with Gasteiger partial charge in [0.2, 0.25) is 0 Å². The summed E-state index contributed by atoms with van der Waals surface area (Å²) in [5.41, 5.74) is 8.27. The molecule has 1 nitrogen and oxygen atoms in total. The third kappa shape index (κ3) is 4.76. The van der Waals surface area contributed by atoms with Crippen LogP contribution in [0.4, 0.5) is 17.1 Å². The Bertz CT molecular complexity index is 2850. The number of rotatable bonds is 5. The lowest BCUT2D eigenvalue weighted by Crippen LogP contribution is -2.09. The van der Waals surface area contributed by atoms with Crippen molar-refractivity contribution < 1.29 is 0 Å². The average Bonchev–Trinajstić information content (AvgIpc) is 3.56. The second-order valence-corrected chi connectivity index (χ2v) is 14.0. The molecule has 0 saturated heterocycles. The topological polar surface area (TPSA) is 3.24 Å². The van der Waals surface area contributed by atoms with Gasteiger partial charge in [0.25, 0.3) is 0 Å². The number of anilines is 3. The Balaban J connectivity index is 1.12. The van der Waals surface area contributed by atoms with E-state index in [4.69, 9.17) is 0 Å². The van der Waals surface area contributed by atoms with Crippen LogP contribution in [0, 0.1) is 0 Å². The van der Waals surface area contributed by atoms with Gasteiger partial charge in [0.05, 0.1) is 0 Å². The first kappa shape index (κ1) is 28.8. The zero-order chi connectivity index (χ0) is 33.0. The van der Waals surface area contributed by atoms with Crippen molar-refractivity contribution in [1.29, 1.82) is 0 Å². The van der Waals surface area contributed by atoms with E-state index in [1.165, 1.54) is 74.7 Å². The average molecular weight is 654 g/mol. The normalized spacial score (nSPS) is 11.6. The summed E-state index contributed by atoms with van der Waals surface area (Å²) in [6.45, 7) is 0. The minimum atomic E-state index is 1.12. The summed E-state index contributed by atoms with van der Waals surface area (Å²) in [5.74, 6) is 0. The molecule has 0 bridgehead atoms. The van der Waals surface area contributed by atoms with Crippen molar-refractivity contribution in [2.45, 2.75) is 0 Å². The fourth-order valence-corrected chi connectivity index (χ4v) is 8.73. The summed E-state index contributed by atoms with van der Waals surface area (Å²) in [5, 5.41) is 10.3. The molecule has 1 heterocycles. The van der Waals surface area contributed by atoms with Crippen LogP contribution in [-0.4, -0.2) is 0 Å². The van der Waals surface area contributed by atoms with Gasteiger partial charge < -0.3 is 4.90 Å². The molecule has 234 valence electrons. The van der Waals surface area contributed by atoms with Crippen LogP contribution in [0.15, 0.2) is 188 Å². The molecule has 9 aromatic carbocycles. The monoisotopic (exact) mass is 653 g/mol. The van der Waals surface area contributed by atoms with Gasteiger partial charge in [0.1, 0.15) is 0 Å². The summed E-state index contributed by atoms with van der Waals surface area (Å²) in [7, 11) is 0. The summed E-state index contributed by atoms with van der Waals surface area (Å²) in [4.78, 5) is 2.38. The highest BCUT2D eigenvalue weighted by Gasteiger charge is 2.16. The molecule has 0 saturated carbocycles. The summed E-state index contributed by atoms with van der Waals surface area (Å²) in [6.07, 6.45) is 0. The van der Waals surface area contributed by atoms with Gasteiger partial charge in [0.15, 0.2) is 0 Å². The van der Waals surface area contributed by atoms with E-state index in [0.717, 1.165) is 17.1 Å². The number of benzene rings is 9. The highest BCUT2D eigenvalue weighted by Crippen LogP contribution is 2.42. The molecule has 0 spiro atoms. The molecule has 1 aromatic heterocycles. The van der Waals surface area contributed by atoms with Gasteiger partial charge in [0, 0.05) is 37.2 Å². The van der Waals surface area contributed by atoms with Crippen LogP contribution in [0.1, 0.15) is 0 Å². The van der Waals surface area contributed by atoms with Crippen molar-refractivity contribution in [1.82, 2.24) is 0 Å². The molecule has 0 amide bonds. The molecule has 0 unspecified atom stereocenters. The highest BCUT2D eigenvalue weighted by atomic mass is 32.1. The van der Waals surface area contributed by atoms with Crippen LogP contribution in [-0.2, 0) is 0 Å². The number of hydrogen-bond donors (Lipinski definition) is 0. The SMILES string of the molecule is c1ccc(-c2ccc(N(c3ccc(-c4cccc5ccc6c7ccccc7ccc6c45)cc3)c3ccc4sc5ccccc5c4c3)cc2)cc1. The fourth-order valence-electron chi connectivity index (χ4n) is 7.64. The van der Waals surface area contributed by atoms with Gasteiger partial charge in [-0.15, -0.1) is 11.3 Å². The second kappa shape index (κ2) is 11.7. The van der Waals surface area contributed by atoms with Crippen LogP contribution in [0.2, 0.25) is 0 Å². The molecule has 0 aliphatic rings. The zero-order valence-electron chi connectivity index (χ0n) is 27.3. The Labute approximate surface area is 294 Å². The molecule has 10 rings (SSSR count). The summed E-state index contributed by atoms with van der Waals surface area (Å²) in [6, 6.07) is 68.7. The van der Waals surface area contributed by atoms with E-state index in [9.17, 15) is 0 Å². The minimum Gasteiger partial charge on any atom is -0.310 e. The van der Waals surface area contributed by atoms with E-state index in [2.05, 4.69) is 193 Å². The fraction of sp³-hybridized carbons (Fsp3) is 0. The maximum atomic E-state index is 2.38. The lowest BCUT2D eigenvalue weighted by Gasteiger charge is -2.26. The molecule has 0 atom stereocenters. The third-order valence-corrected chi connectivity index (χ3v) is 11.2. The van der Waals surface area contributed by atoms with Crippen molar-refractivity contribution in [2.24, 2.45) is 0 Å². The van der Waals surface area contributed by atoms with E-state index in [-0.39, 0.29) is 0 Å². The Kier molecular flexibility index (Phi) is 6.75. The quantitative estimate of drug-likeness (QED) is 0.167. The van der Waals surface area contributed by atoms with Crippen molar-refractivity contribution in [3.63, 3.8) is 0 Å². The predicted molar refractivity (Wildman–Crippen MR) is 217 cm³/mol. The number of hydrogen-bond acceptors (Lipinski definition) is 2. The summed E-state index contributed by atoms with van der Waals surface area (Å²) < 4.78 is 2.62. The molecule has 50 heavy (non-hydrogen) atoms. The molecule has 2 heteroatoms. The number of fused-ring (bicyclic) bond motifs is 8. The molecule has 0 radical (unpaired) electrons. The van der Waals surface area contributed by atoms with E-state index < -0.39 is 0 Å². The Morgan fingerprint density at radius 2 is 0.920 bits per heavy atom. The molecule has 10 aromatic rings. The molecule has 0 N–H and O–H groups in total. The van der Waals surface area contributed by atoms with E-state index >= 15 is 0 Å². The van der Waals surface area contributed by atoms with Gasteiger partial charge in [-0.3, -0.25) is 0 Å². The van der Waals surface area contributed by atoms with Crippen molar-refractivity contribution in [3.05, 3.63) is 188 Å². The number of nitrogens with zero attached hydrogens (tertiary/aromatic N) is 1. The maximum absolute atomic E-state index is 2.38. The zero-order valence-corrected chi connectivity index (χ0v) is 28.1. The first-order valence-electron chi connectivity index (χ1n) is 17.1. The molecular weight excluding hydrogens is 623 g/mol. The first-order chi connectivity index (χ1) is 24.8. The number of thiophene rings is 1. The van der Waals surface area contributed by atoms with Crippen LogP contribution in [0.5, 0.6) is 0 Å². The van der Waals surface area contributed by atoms with Crippen LogP contribution < -0.4 is 4.90 Å². The maximum Gasteiger partial charge on any atom is 0.0468 e. The minimum absolute atomic E-state index is 1.12. The van der Waals surface area contributed by atoms with Gasteiger partial charge in [-0.25, -0.2) is 0 Å². The third-order valence-electron chi connectivity index (χ3n) is 10.1. The standard InChI is InChI=1S/C48H31NS/c1-2-9-32(10-3-1)33-17-23-37(24-18-33)49(39-27-30-47-45(31-39)43-14-6-7-16-46(43)50-47)38-25-19-35(20-26-38)41-15-8-12-36-22-28-42-40-13-5-4-11-34(40)21-29-44(42)48(36)41/h1-31H. The van der Waals surface area contributed by atoms with Gasteiger partial charge in [-0.2, -0.15) is 0 Å². The van der Waals surface area contributed by atoms with Crippen molar-refractivity contribution >= 4 is 80.9 Å². The molecular formula is C48H31NS. The summed E-state index contributed by atoms with van der Waals surface area (Å²) >= 11 is 1.86. The lowest BCUT2D eigenvalue weighted by molar-refractivity contribution is 1.29. The Hall–Kier alpha value is -6.22. The van der Waals surface area contributed by atoms with Crippen molar-refractivity contribution in [3.8, 4) is 22.3 Å². The van der Waals surface area contributed by atoms with Gasteiger partial charge >= 0.3 is 0 Å². The van der Waals surface area contributed by atoms with Gasteiger partial charge in [-0.1, -0.05) is 140 Å². The highest BCUT2D eigenvalue weighted by molar-refractivity contribution is 7.25. The van der Waals surface area contributed by atoms with Crippen LogP contribution in [0.3, 0.4) is 0 Å². The van der Waals surface area contributed by atoms with Gasteiger partial charge in [-0.05, 0) is 103 Å². The largest absolute Gasteiger partial charge is 0.310 e. The molecule has 0 fully saturated rings. The smallest absolute Gasteiger partial charge is 0.0468 e. The molecule has 0 aliphatic heterocycles. The molecule has 0 aliphatic carbocycles. The Morgan fingerprint density at radius 1 is 0.320 bits per heavy atom. The first-order valence-corrected chi connectivity index (χ1v) is 17.9. The van der Waals surface area contributed by atoms with E-state index in [1.807, 2.05) is 11.3 Å². The van der Waals surface area contributed by atoms with E-state index in [1.54, 1.807) is 0 Å². The second-order valence-electron chi connectivity index (χ2n) is 12.9. The Morgan fingerprint density at radius 3 is 1.74 bits per heavy atom. The van der Waals surface area contributed by atoms with E-state index in [0.29, 0.717) is 0 Å². The predicted octanol–water partition coefficient (Wildman–Crippen LogP) is 14.3. The van der Waals surface area contributed by atoms with Crippen LogP contribution >= 0.6 is 11.3 Å². The van der Waals surface area contributed by atoms with Crippen LogP contribution in [0.25, 0.3) is 74.7 Å².